The molecule has 0 atom stereocenters. The topological polar surface area (TPSA) is 109 Å². The van der Waals surface area contributed by atoms with E-state index in [2.05, 4.69) is 0 Å². The molecule has 0 fully saturated rings. The van der Waals surface area contributed by atoms with Gasteiger partial charge in [0.25, 0.3) is 10.1 Å². The van der Waals surface area contributed by atoms with Gasteiger partial charge in [0.05, 0.1) is 4.90 Å². The van der Waals surface area contributed by atoms with Gasteiger partial charge in [-0.1, -0.05) is 0 Å². The Balaban J connectivity index is 2.28. The molecule has 0 heterocycles. The number of rotatable bonds is 1. The van der Waals surface area contributed by atoms with Crippen LogP contribution in [0.2, 0.25) is 0 Å². The minimum Gasteiger partial charge on any atom is -0.508 e. The minimum atomic E-state index is -4.46. The van der Waals surface area contributed by atoms with Gasteiger partial charge in [0.2, 0.25) is 0 Å². The standard InChI is InChI=1S/C14H8O6S/c15-7-1-3-9-11(5-7)13(16)10-4-2-8(21(18,19)20)6-12(10)14(9)17/h1-6,15H,(H,18,19,20). The molecule has 0 unspecified atom stereocenters. The van der Waals surface area contributed by atoms with Crippen molar-refractivity contribution in [3.63, 3.8) is 0 Å². The zero-order chi connectivity index (χ0) is 15.4. The van der Waals surface area contributed by atoms with Gasteiger partial charge in [-0.2, -0.15) is 8.42 Å². The van der Waals surface area contributed by atoms with Crippen LogP contribution in [0, 0.1) is 0 Å². The molecule has 0 saturated heterocycles. The second-order valence-corrected chi connectivity index (χ2v) is 5.99. The van der Waals surface area contributed by atoms with Crippen molar-refractivity contribution in [2.24, 2.45) is 0 Å². The molecule has 0 saturated carbocycles. The van der Waals surface area contributed by atoms with Crippen molar-refractivity contribution in [1.82, 2.24) is 0 Å². The quantitative estimate of drug-likeness (QED) is 0.658. The van der Waals surface area contributed by atoms with Gasteiger partial charge in [-0.3, -0.25) is 14.1 Å². The molecule has 0 bridgehead atoms. The fourth-order valence-corrected chi connectivity index (χ4v) is 2.78. The van der Waals surface area contributed by atoms with E-state index in [1.54, 1.807) is 0 Å². The maximum atomic E-state index is 12.3. The third kappa shape index (κ3) is 2.03. The first-order valence-corrected chi connectivity index (χ1v) is 7.27. The van der Waals surface area contributed by atoms with Crippen LogP contribution >= 0.6 is 0 Å². The first kappa shape index (κ1) is 13.5. The Kier molecular flexibility index (Phi) is 2.72. The van der Waals surface area contributed by atoms with Gasteiger partial charge in [0, 0.05) is 22.3 Å². The Morgan fingerprint density at radius 2 is 1.29 bits per heavy atom. The summed E-state index contributed by atoms with van der Waals surface area (Å²) < 4.78 is 31.3. The molecule has 106 valence electrons. The molecule has 2 N–H and O–H groups in total. The lowest BCUT2D eigenvalue weighted by Crippen LogP contribution is -2.21. The maximum absolute atomic E-state index is 12.3. The predicted octanol–water partition coefficient (Wildman–Crippen LogP) is 1.41. The van der Waals surface area contributed by atoms with Crippen LogP contribution < -0.4 is 0 Å². The second kappa shape index (κ2) is 4.24. The zero-order valence-corrected chi connectivity index (χ0v) is 11.2. The van der Waals surface area contributed by atoms with Crippen molar-refractivity contribution in [2.75, 3.05) is 0 Å². The monoisotopic (exact) mass is 304 g/mol. The van der Waals surface area contributed by atoms with E-state index >= 15 is 0 Å². The number of ketones is 2. The number of phenolic OH excluding ortho intramolecular Hbond substituents is 1. The molecule has 1 aliphatic carbocycles. The van der Waals surface area contributed by atoms with E-state index in [4.69, 9.17) is 4.55 Å². The molecule has 2 aromatic rings. The molecule has 0 aliphatic heterocycles. The van der Waals surface area contributed by atoms with Crippen molar-refractivity contribution in [3.8, 4) is 5.75 Å². The highest BCUT2D eigenvalue weighted by Gasteiger charge is 2.31. The van der Waals surface area contributed by atoms with Crippen molar-refractivity contribution >= 4 is 21.7 Å². The number of benzene rings is 2. The molecule has 1 aliphatic rings. The zero-order valence-electron chi connectivity index (χ0n) is 10.4. The van der Waals surface area contributed by atoms with Crippen LogP contribution in [0.5, 0.6) is 5.75 Å². The van der Waals surface area contributed by atoms with Gasteiger partial charge in [-0.05, 0) is 36.4 Å². The molecule has 6 nitrogen and oxygen atoms in total. The van der Waals surface area contributed by atoms with Gasteiger partial charge >= 0.3 is 0 Å². The van der Waals surface area contributed by atoms with Crippen LogP contribution in [-0.2, 0) is 10.1 Å². The molecular weight excluding hydrogens is 296 g/mol. The van der Waals surface area contributed by atoms with E-state index < -0.39 is 26.6 Å². The number of phenols is 1. The first-order chi connectivity index (χ1) is 9.79. The first-order valence-electron chi connectivity index (χ1n) is 5.83. The molecule has 2 aromatic carbocycles. The number of hydrogen-bond donors (Lipinski definition) is 2. The van der Waals surface area contributed by atoms with Crippen molar-refractivity contribution in [2.45, 2.75) is 4.90 Å². The van der Waals surface area contributed by atoms with E-state index in [0.29, 0.717) is 0 Å². The lowest BCUT2D eigenvalue weighted by atomic mass is 9.84. The number of carbonyl (C=O) groups is 2. The lowest BCUT2D eigenvalue weighted by molar-refractivity contribution is 0.0978. The summed E-state index contributed by atoms with van der Waals surface area (Å²) in [5.41, 5.74) is 0.0868. The molecule has 0 amide bonds. The van der Waals surface area contributed by atoms with Crippen LogP contribution in [0.25, 0.3) is 0 Å². The summed E-state index contributed by atoms with van der Waals surface area (Å²) in [6.07, 6.45) is 0. The Bertz CT molecular complexity index is 911. The Morgan fingerprint density at radius 3 is 1.86 bits per heavy atom. The van der Waals surface area contributed by atoms with Gasteiger partial charge < -0.3 is 5.11 Å². The summed E-state index contributed by atoms with van der Waals surface area (Å²) in [7, 11) is -4.46. The number of fused-ring (bicyclic) bond motifs is 2. The number of hydrogen-bond acceptors (Lipinski definition) is 5. The van der Waals surface area contributed by atoms with Crippen molar-refractivity contribution in [1.29, 1.82) is 0 Å². The number of carbonyl (C=O) groups excluding carboxylic acids is 2. The van der Waals surface area contributed by atoms with Gasteiger partial charge in [0.1, 0.15) is 5.75 Å². The summed E-state index contributed by atoms with van der Waals surface area (Å²) in [5.74, 6) is -1.17. The lowest BCUT2D eigenvalue weighted by Gasteiger charge is -2.17. The molecule has 0 spiro atoms. The summed E-state index contributed by atoms with van der Waals surface area (Å²) in [6.45, 7) is 0. The third-order valence-corrected chi connectivity index (χ3v) is 4.12. The van der Waals surface area contributed by atoms with Crippen LogP contribution in [0.3, 0.4) is 0 Å². The fraction of sp³-hybridized carbons (Fsp3) is 0. The average Bonchev–Trinajstić information content (AvgIpc) is 2.43. The Labute approximate surface area is 119 Å². The van der Waals surface area contributed by atoms with Crippen molar-refractivity contribution < 1.29 is 27.7 Å². The predicted molar refractivity (Wildman–Crippen MR) is 71.2 cm³/mol. The molecular formula is C14H8O6S. The van der Waals surface area contributed by atoms with Crippen LogP contribution in [-0.4, -0.2) is 29.6 Å². The summed E-state index contributed by atoms with van der Waals surface area (Å²) >= 11 is 0. The summed E-state index contributed by atoms with van der Waals surface area (Å²) in [5, 5.41) is 9.42. The normalized spacial score (nSPS) is 13.8. The summed E-state index contributed by atoms with van der Waals surface area (Å²) in [4.78, 5) is 24.2. The number of aromatic hydroxyl groups is 1. The highest BCUT2D eigenvalue weighted by atomic mass is 32.2. The van der Waals surface area contributed by atoms with E-state index in [9.17, 15) is 23.1 Å². The molecule has 0 aromatic heterocycles. The van der Waals surface area contributed by atoms with Crippen LogP contribution in [0.15, 0.2) is 41.3 Å². The second-order valence-electron chi connectivity index (χ2n) is 4.57. The van der Waals surface area contributed by atoms with E-state index in [-0.39, 0.29) is 28.0 Å². The fourth-order valence-electron chi connectivity index (χ4n) is 2.28. The van der Waals surface area contributed by atoms with E-state index in [0.717, 1.165) is 12.1 Å². The molecule has 21 heavy (non-hydrogen) atoms. The third-order valence-electron chi connectivity index (χ3n) is 3.27. The van der Waals surface area contributed by atoms with Crippen LogP contribution in [0.4, 0.5) is 0 Å². The van der Waals surface area contributed by atoms with E-state index in [1.807, 2.05) is 0 Å². The Morgan fingerprint density at radius 1 is 0.762 bits per heavy atom. The van der Waals surface area contributed by atoms with Gasteiger partial charge in [-0.15, -0.1) is 0 Å². The van der Waals surface area contributed by atoms with E-state index in [1.165, 1.54) is 24.3 Å². The molecule has 7 heteroatoms. The highest BCUT2D eigenvalue weighted by Crippen LogP contribution is 2.30. The van der Waals surface area contributed by atoms with Crippen molar-refractivity contribution in [3.05, 3.63) is 58.7 Å². The Hall–Kier alpha value is -2.51. The van der Waals surface area contributed by atoms with Gasteiger partial charge in [-0.25, -0.2) is 0 Å². The maximum Gasteiger partial charge on any atom is 0.294 e. The average molecular weight is 304 g/mol. The van der Waals surface area contributed by atoms with Gasteiger partial charge in [0.15, 0.2) is 11.6 Å². The SMILES string of the molecule is O=C1c2ccc(S(=O)(=O)O)cc2C(=O)c2ccc(O)cc21. The largest absolute Gasteiger partial charge is 0.508 e. The molecule has 0 radical (unpaired) electrons. The summed E-state index contributed by atoms with van der Waals surface area (Å²) in [6, 6.07) is 6.95. The molecule has 3 rings (SSSR count). The van der Waals surface area contributed by atoms with Crippen LogP contribution in [0.1, 0.15) is 31.8 Å². The highest BCUT2D eigenvalue weighted by molar-refractivity contribution is 7.85. The minimum absolute atomic E-state index is 0.0329. The smallest absolute Gasteiger partial charge is 0.294 e.